The van der Waals surface area contributed by atoms with E-state index >= 15 is 0 Å². The number of ketones is 1. The van der Waals surface area contributed by atoms with Gasteiger partial charge < -0.3 is 0 Å². The predicted octanol–water partition coefficient (Wildman–Crippen LogP) is 4.51. The first-order chi connectivity index (χ1) is 8.16. The average Bonchev–Trinajstić information content (AvgIpc) is 2.32. The number of unbranched alkanes of at least 4 members (excludes halogenated alkanes) is 4. The van der Waals surface area contributed by atoms with Crippen LogP contribution < -0.4 is 0 Å². The molecule has 0 heterocycles. The summed E-state index contributed by atoms with van der Waals surface area (Å²) < 4.78 is 26.2. The molecular weight excluding hydrogens is 222 g/mol. The lowest BCUT2D eigenvalue weighted by Gasteiger charge is -2.03. The molecule has 0 aromatic heterocycles. The lowest BCUT2D eigenvalue weighted by Crippen LogP contribution is -2.04. The van der Waals surface area contributed by atoms with Crippen molar-refractivity contribution in [3.8, 4) is 0 Å². The third kappa shape index (κ3) is 4.25. The maximum atomic E-state index is 13.3. The summed E-state index contributed by atoms with van der Waals surface area (Å²) in [5.41, 5.74) is -0.125. The molecule has 0 saturated carbocycles. The fourth-order valence-corrected chi connectivity index (χ4v) is 1.74. The van der Waals surface area contributed by atoms with Crippen molar-refractivity contribution < 1.29 is 13.6 Å². The SMILES string of the molecule is CCCCCCCC(=O)c1cccc(F)c1F. The van der Waals surface area contributed by atoms with Crippen LogP contribution in [0, 0.1) is 11.6 Å². The fourth-order valence-electron chi connectivity index (χ4n) is 1.74. The molecular formula is C14H18F2O. The topological polar surface area (TPSA) is 17.1 Å². The second-order valence-corrected chi connectivity index (χ2v) is 4.19. The van der Waals surface area contributed by atoms with Gasteiger partial charge in [-0.25, -0.2) is 8.78 Å². The summed E-state index contributed by atoms with van der Waals surface area (Å²) in [7, 11) is 0. The zero-order valence-corrected chi connectivity index (χ0v) is 10.1. The minimum absolute atomic E-state index is 0.125. The second kappa shape index (κ2) is 7.15. The molecule has 0 spiro atoms. The van der Waals surface area contributed by atoms with Crippen molar-refractivity contribution in [2.75, 3.05) is 0 Å². The highest BCUT2D eigenvalue weighted by Gasteiger charge is 2.14. The van der Waals surface area contributed by atoms with Crippen LogP contribution in [0.3, 0.4) is 0 Å². The number of benzene rings is 1. The van der Waals surface area contributed by atoms with Gasteiger partial charge in [-0.05, 0) is 18.6 Å². The van der Waals surface area contributed by atoms with Crippen LogP contribution in [-0.4, -0.2) is 5.78 Å². The number of hydrogen-bond donors (Lipinski definition) is 0. The normalized spacial score (nSPS) is 10.5. The van der Waals surface area contributed by atoms with Gasteiger partial charge in [0.2, 0.25) is 0 Å². The molecule has 94 valence electrons. The highest BCUT2D eigenvalue weighted by atomic mass is 19.2. The summed E-state index contributed by atoms with van der Waals surface area (Å²) in [6.45, 7) is 2.12. The molecule has 0 atom stereocenters. The monoisotopic (exact) mass is 240 g/mol. The Labute approximate surface area is 101 Å². The molecule has 0 unspecified atom stereocenters. The van der Waals surface area contributed by atoms with E-state index in [2.05, 4.69) is 6.92 Å². The molecule has 1 rings (SSSR count). The van der Waals surface area contributed by atoms with Gasteiger partial charge in [0.25, 0.3) is 0 Å². The molecule has 0 amide bonds. The van der Waals surface area contributed by atoms with Crippen molar-refractivity contribution in [2.45, 2.75) is 45.4 Å². The molecule has 17 heavy (non-hydrogen) atoms. The standard InChI is InChI=1S/C14H18F2O/c1-2-3-4-5-6-10-13(17)11-8-7-9-12(15)14(11)16/h7-9H,2-6,10H2,1H3. The molecule has 0 aliphatic rings. The second-order valence-electron chi connectivity index (χ2n) is 4.19. The maximum absolute atomic E-state index is 13.3. The van der Waals surface area contributed by atoms with Gasteiger partial charge in [0.1, 0.15) is 0 Å². The van der Waals surface area contributed by atoms with Crippen LogP contribution in [0.5, 0.6) is 0 Å². The van der Waals surface area contributed by atoms with Gasteiger partial charge in [-0.1, -0.05) is 38.7 Å². The smallest absolute Gasteiger partial charge is 0.169 e. The first-order valence-electron chi connectivity index (χ1n) is 6.14. The van der Waals surface area contributed by atoms with Gasteiger partial charge in [-0.3, -0.25) is 4.79 Å². The molecule has 1 aromatic carbocycles. The molecule has 0 fully saturated rings. The van der Waals surface area contributed by atoms with Crippen molar-refractivity contribution in [3.05, 3.63) is 35.4 Å². The van der Waals surface area contributed by atoms with Crippen LogP contribution in [-0.2, 0) is 0 Å². The summed E-state index contributed by atoms with van der Waals surface area (Å²) >= 11 is 0. The Kier molecular flexibility index (Phi) is 5.81. The number of carbonyl (C=O) groups is 1. The van der Waals surface area contributed by atoms with Crippen LogP contribution >= 0.6 is 0 Å². The lowest BCUT2D eigenvalue weighted by molar-refractivity contribution is 0.0974. The Morgan fingerprint density at radius 2 is 1.82 bits per heavy atom. The summed E-state index contributed by atoms with van der Waals surface area (Å²) in [4.78, 5) is 11.6. The van der Waals surface area contributed by atoms with E-state index in [9.17, 15) is 13.6 Å². The summed E-state index contributed by atoms with van der Waals surface area (Å²) in [6, 6.07) is 3.73. The molecule has 0 N–H and O–H groups in total. The molecule has 3 heteroatoms. The Hall–Kier alpha value is -1.25. The van der Waals surface area contributed by atoms with Gasteiger partial charge in [-0.15, -0.1) is 0 Å². The van der Waals surface area contributed by atoms with Gasteiger partial charge in [0.15, 0.2) is 17.4 Å². The highest BCUT2D eigenvalue weighted by Crippen LogP contribution is 2.15. The van der Waals surface area contributed by atoms with Crippen LogP contribution in [0.1, 0.15) is 55.8 Å². The molecule has 0 saturated heterocycles. The van der Waals surface area contributed by atoms with E-state index in [1.165, 1.54) is 12.1 Å². The van der Waals surface area contributed by atoms with Crippen molar-refractivity contribution in [1.82, 2.24) is 0 Å². The number of rotatable bonds is 7. The summed E-state index contributed by atoms with van der Waals surface area (Å²) in [6.07, 6.45) is 5.40. The maximum Gasteiger partial charge on any atom is 0.169 e. The van der Waals surface area contributed by atoms with Gasteiger partial charge in [-0.2, -0.15) is 0 Å². The quantitative estimate of drug-likeness (QED) is 0.506. The van der Waals surface area contributed by atoms with E-state index in [0.717, 1.165) is 38.2 Å². The minimum Gasteiger partial charge on any atom is -0.294 e. The Morgan fingerprint density at radius 1 is 1.12 bits per heavy atom. The molecule has 1 aromatic rings. The molecule has 0 aliphatic heterocycles. The van der Waals surface area contributed by atoms with Gasteiger partial charge in [0, 0.05) is 6.42 Å². The zero-order valence-electron chi connectivity index (χ0n) is 10.1. The van der Waals surface area contributed by atoms with Crippen LogP contribution in [0.25, 0.3) is 0 Å². The average molecular weight is 240 g/mol. The molecule has 0 radical (unpaired) electrons. The van der Waals surface area contributed by atoms with Crippen molar-refractivity contribution in [2.24, 2.45) is 0 Å². The number of halogens is 2. The minimum atomic E-state index is -1.02. The lowest BCUT2D eigenvalue weighted by atomic mass is 10.0. The van der Waals surface area contributed by atoms with E-state index in [1.54, 1.807) is 0 Å². The third-order valence-electron chi connectivity index (χ3n) is 2.76. The predicted molar refractivity (Wildman–Crippen MR) is 64.1 cm³/mol. The van der Waals surface area contributed by atoms with E-state index < -0.39 is 11.6 Å². The zero-order chi connectivity index (χ0) is 12.7. The van der Waals surface area contributed by atoms with Crippen LogP contribution in [0.4, 0.5) is 8.78 Å². The van der Waals surface area contributed by atoms with Gasteiger partial charge >= 0.3 is 0 Å². The summed E-state index contributed by atoms with van der Waals surface area (Å²) in [5.74, 6) is -2.29. The summed E-state index contributed by atoms with van der Waals surface area (Å²) in [5, 5.41) is 0. The molecule has 1 nitrogen and oxygen atoms in total. The van der Waals surface area contributed by atoms with E-state index in [1.807, 2.05) is 0 Å². The number of carbonyl (C=O) groups excluding carboxylic acids is 1. The van der Waals surface area contributed by atoms with Crippen molar-refractivity contribution in [1.29, 1.82) is 0 Å². The number of hydrogen-bond acceptors (Lipinski definition) is 1. The highest BCUT2D eigenvalue weighted by molar-refractivity contribution is 5.96. The first-order valence-corrected chi connectivity index (χ1v) is 6.14. The molecule has 0 bridgehead atoms. The van der Waals surface area contributed by atoms with E-state index in [0.29, 0.717) is 6.42 Å². The Balaban J connectivity index is 2.44. The van der Waals surface area contributed by atoms with Crippen LogP contribution in [0.15, 0.2) is 18.2 Å². The van der Waals surface area contributed by atoms with Crippen molar-refractivity contribution >= 4 is 5.78 Å². The third-order valence-corrected chi connectivity index (χ3v) is 2.76. The van der Waals surface area contributed by atoms with E-state index in [-0.39, 0.29) is 11.3 Å². The Bertz CT molecular complexity index is 374. The fraction of sp³-hybridized carbons (Fsp3) is 0.500. The largest absolute Gasteiger partial charge is 0.294 e. The van der Waals surface area contributed by atoms with Crippen LogP contribution in [0.2, 0.25) is 0 Å². The number of Topliss-reactive ketones (excluding diaryl/α,β-unsaturated/α-hetero) is 1. The molecule has 0 aliphatic carbocycles. The van der Waals surface area contributed by atoms with Gasteiger partial charge in [0.05, 0.1) is 5.56 Å². The Morgan fingerprint density at radius 3 is 2.53 bits per heavy atom. The first kappa shape index (κ1) is 13.8. The van der Waals surface area contributed by atoms with E-state index in [4.69, 9.17) is 0 Å². The van der Waals surface area contributed by atoms with Crippen molar-refractivity contribution in [3.63, 3.8) is 0 Å².